The van der Waals surface area contributed by atoms with E-state index >= 15 is 0 Å². The van der Waals surface area contributed by atoms with Crippen LogP contribution in [0.25, 0.3) is 0 Å². The zero-order valence-corrected chi connectivity index (χ0v) is 15.7. The molecule has 0 spiro atoms. The van der Waals surface area contributed by atoms with Crippen LogP contribution in [0.5, 0.6) is 5.75 Å². The van der Waals surface area contributed by atoms with E-state index in [2.05, 4.69) is 22.3 Å². The van der Waals surface area contributed by atoms with Gasteiger partial charge in [-0.2, -0.15) is 0 Å². The third-order valence-corrected chi connectivity index (χ3v) is 5.07. The molecule has 0 unspecified atom stereocenters. The predicted molar refractivity (Wildman–Crippen MR) is 105 cm³/mol. The van der Waals surface area contributed by atoms with Crippen molar-refractivity contribution in [2.45, 2.75) is 32.2 Å². The van der Waals surface area contributed by atoms with E-state index in [9.17, 15) is 4.79 Å². The first-order chi connectivity index (χ1) is 12.7. The molecule has 1 aliphatic heterocycles. The van der Waals surface area contributed by atoms with Crippen LogP contribution < -0.4 is 10.1 Å². The normalized spacial score (nSPS) is 16.1. The second kappa shape index (κ2) is 8.86. The van der Waals surface area contributed by atoms with Gasteiger partial charge in [0.25, 0.3) is 5.91 Å². The van der Waals surface area contributed by atoms with Crippen molar-refractivity contribution in [3.63, 3.8) is 0 Å². The molecule has 0 aliphatic carbocycles. The first-order valence-corrected chi connectivity index (χ1v) is 9.40. The number of hydrogen-bond acceptors (Lipinski definition) is 3. The number of ether oxygens (including phenoxy) is 1. The molecule has 26 heavy (non-hydrogen) atoms. The number of benzene rings is 2. The predicted octanol–water partition coefficient (Wildman–Crippen LogP) is 3.96. The van der Waals surface area contributed by atoms with Crippen molar-refractivity contribution in [3.8, 4) is 5.75 Å². The molecule has 1 N–H and O–H groups in total. The largest absolute Gasteiger partial charge is 0.497 e. The fourth-order valence-electron chi connectivity index (χ4n) is 3.59. The lowest BCUT2D eigenvalue weighted by molar-refractivity contribution is 0.0924. The van der Waals surface area contributed by atoms with Gasteiger partial charge in [-0.1, -0.05) is 36.2 Å². The molecular formula is C22H28N2O2. The molecule has 1 aliphatic rings. The summed E-state index contributed by atoms with van der Waals surface area (Å²) in [6.07, 6.45) is 3.73. The van der Waals surface area contributed by atoms with Crippen LogP contribution in [-0.2, 0) is 0 Å². The molecule has 1 fully saturated rings. The minimum Gasteiger partial charge on any atom is -0.497 e. The molecule has 0 bridgehead atoms. The van der Waals surface area contributed by atoms with E-state index in [4.69, 9.17) is 4.74 Å². The molecule has 3 rings (SSSR count). The SMILES string of the molecule is COc1ccc([C@@H](CNC(=O)c2cccc(C)c2)N2CCCCC2)cc1. The summed E-state index contributed by atoms with van der Waals surface area (Å²) in [5, 5.41) is 3.14. The summed E-state index contributed by atoms with van der Waals surface area (Å²) in [5.74, 6) is 0.846. The van der Waals surface area contributed by atoms with Crippen LogP contribution in [0.15, 0.2) is 48.5 Å². The van der Waals surface area contributed by atoms with Crippen LogP contribution >= 0.6 is 0 Å². The first-order valence-electron chi connectivity index (χ1n) is 9.40. The highest BCUT2D eigenvalue weighted by Gasteiger charge is 2.23. The van der Waals surface area contributed by atoms with Crippen molar-refractivity contribution in [1.29, 1.82) is 0 Å². The zero-order valence-electron chi connectivity index (χ0n) is 15.7. The highest BCUT2D eigenvalue weighted by atomic mass is 16.5. The van der Waals surface area contributed by atoms with E-state index in [1.165, 1.54) is 24.8 Å². The molecule has 0 saturated carbocycles. The Bertz CT molecular complexity index is 721. The molecule has 1 amide bonds. The molecule has 4 heteroatoms. The van der Waals surface area contributed by atoms with Crippen molar-refractivity contribution >= 4 is 5.91 Å². The molecule has 1 atom stereocenters. The summed E-state index contributed by atoms with van der Waals surface area (Å²) >= 11 is 0. The maximum Gasteiger partial charge on any atom is 0.251 e. The second-order valence-electron chi connectivity index (χ2n) is 6.97. The molecule has 1 saturated heterocycles. The highest BCUT2D eigenvalue weighted by Crippen LogP contribution is 2.26. The molecule has 0 aromatic heterocycles. The molecule has 1 heterocycles. The third-order valence-electron chi connectivity index (χ3n) is 5.07. The Morgan fingerprint density at radius 3 is 2.50 bits per heavy atom. The van der Waals surface area contributed by atoms with Gasteiger partial charge in [0.15, 0.2) is 0 Å². The number of piperidine rings is 1. The van der Waals surface area contributed by atoms with Crippen molar-refractivity contribution in [2.24, 2.45) is 0 Å². The van der Waals surface area contributed by atoms with Gasteiger partial charge < -0.3 is 10.1 Å². The van der Waals surface area contributed by atoms with Crippen molar-refractivity contribution in [1.82, 2.24) is 10.2 Å². The standard InChI is InChI=1S/C22H28N2O2/c1-17-7-6-8-19(15-17)22(25)23-16-21(24-13-4-3-5-14-24)18-9-11-20(26-2)12-10-18/h6-12,15,21H,3-5,13-14,16H2,1-2H3,(H,23,25)/t21-/m1/s1. The number of methoxy groups -OCH3 is 1. The summed E-state index contributed by atoms with van der Waals surface area (Å²) < 4.78 is 5.28. The van der Waals surface area contributed by atoms with E-state index in [1.54, 1.807) is 7.11 Å². The van der Waals surface area contributed by atoms with E-state index in [-0.39, 0.29) is 11.9 Å². The number of nitrogens with one attached hydrogen (secondary N) is 1. The van der Waals surface area contributed by atoms with Gasteiger partial charge in [-0.25, -0.2) is 0 Å². The molecule has 2 aromatic carbocycles. The third kappa shape index (κ3) is 4.64. The number of likely N-dealkylation sites (tertiary alicyclic amines) is 1. The van der Waals surface area contributed by atoms with E-state index in [1.807, 2.05) is 43.3 Å². The van der Waals surface area contributed by atoms with Crippen LogP contribution in [0.4, 0.5) is 0 Å². The molecule has 4 nitrogen and oxygen atoms in total. The van der Waals surface area contributed by atoms with Crippen molar-refractivity contribution in [2.75, 3.05) is 26.7 Å². The van der Waals surface area contributed by atoms with Crippen LogP contribution in [-0.4, -0.2) is 37.6 Å². The number of rotatable bonds is 6. The summed E-state index contributed by atoms with van der Waals surface area (Å²) in [7, 11) is 1.68. The van der Waals surface area contributed by atoms with Gasteiger partial charge in [-0.15, -0.1) is 0 Å². The number of hydrogen-bond donors (Lipinski definition) is 1. The summed E-state index contributed by atoms with van der Waals surface area (Å²) in [4.78, 5) is 15.1. The van der Waals surface area contributed by atoms with Gasteiger partial charge in [-0.05, 0) is 62.7 Å². The second-order valence-corrected chi connectivity index (χ2v) is 6.97. The Morgan fingerprint density at radius 1 is 1.12 bits per heavy atom. The van der Waals surface area contributed by atoms with Crippen LogP contribution in [0.3, 0.4) is 0 Å². The average molecular weight is 352 g/mol. The molecular weight excluding hydrogens is 324 g/mol. The van der Waals surface area contributed by atoms with Crippen molar-refractivity contribution in [3.05, 3.63) is 65.2 Å². The summed E-state index contributed by atoms with van der Waals surface area (Å²) in [6, 6.07) is 16.1. The highest BCUT2D eigenvalue weighted by molar-refractivity contribution is 5.94. The fourth-order valence-corrected chi connectivity index (χ4v) is 3.59. The number of carbonyl (C=O) groups is 1. The van der Waals surface area contributed by atoms with Crippen molar-refractivity contribution < 1.29 is 9.53 Å². The van der Waals surface area contributed by atoms with E-state index in [0.717, 1.165) is 30.0 Å². The van der Waals surface area contributed by atoms with Gasteiger partial charge in [0.2, 0.25) is 0 Å². The van der Waals surface area contributed by atoms with Gasteiger partial charge in [0, 0.05) is 12.1 Å². The lowest BCUT2D eigenvalue weighted by Crippen LogP contribution is -2.40. The Hall–Kier alpha value is -2.33. The van der Waals surface area contributed by atoms with Crippen LogP contribution in [0, 0.1) is 6.92 Å². The average Bonchev–Trinajstić information content (AvgIpc) is 2.69. The van der Waals surface area contributed by atoms with Gasteiger partial charge in [0.1, 0.15) is 5.75 Å². The first kappa shape index (κ1) is 18.5. The lowest BCUT2D eigenvalue weighted by atomic mass is 10.0. The van der Waals surface area contributed by atoms with Gasteiger partial charge in [-0.3, -0.25) is 9.69 Å². The Kier molecular flexibility index (Phi) is 6.29. The van der Waals surface area contributed by atoms with Crippen LogP contribution in [0.1, 0.15) is 46.8 Å². The number of carbonyl (C=O) groups excluding carboxylic acids is 1. The van der Waals surface area contributed by atoms with Crippen LogP contribution in [0.2, 0.25) is 0 Å². The monoisotopic (exact) mass is 352 g/mol. The zero-order chi connectivity index (χ0) is 18.4. The number of nitrogens with zero attached hydrogens (tertiary/aromatic N) is 1. The minimum absolute atomic E-state index is 0.00998. The van der Waals surface area contributed by atoms with Gasteiger partial charge in [0.05, 0.1) is 13.2 Å². The summed E-state index contributed by atoms with van der Waals surface area (Å²) in [5.41, 5.74) is 3.04. The van der Waals surface area contributed by atoms with E-state index in [0.29, 0.717) is 6.54 Å². The molecule has 2 aromatic rings. The maximum absolute atomic E-state index is 12.6. The topological polar surface area (TPSA) is 41.6 Å². The summed E-state index contributed by atoms with van der Waals surface area (Å²) in [6.45, 7) is 4.78. The molecule has 138 valence electrons. The quantitative estimate of drug-likeness (QED) is 0.855. The Morgan fingerprint density at radius 2 is 1.85 bits per heavy atom. The smallest absolute Gasteiger partial charge is 0.251 e. The maximum atomic E-state index is 12.6. The van der Waals surface area contributed by atoms with Gasteiger partial charge >= 0.3 is 0 Å². The Balaban J connectivity index is 1.73. The minimum atomic E-state index is -0.00998. The number of aryl methyl sites for hydroxylation is 1. The van der Waals surface area contributed by atoms with E-state index < -0.39 is 0 Å². The molecule has 0 radical (unpaired) electrons. The Labute approximate surface area is 156 Å². The number of amides is 1. The lowest BCUT2D eigenvalue weighted by Gasteiger charge is -2.35. The fraction of sp³-hybridized carbons (Fsp3) is 0.409.